The van der Waals surface area contributed by atoms with E-state index in [1.54, 1.807) is 6.26 Å². The Morgan fingerprint density at radius 1 is 1.39 bits per heavy atom. The number of aromatic nitrogens is 1. The molecule has 5 nitrogen and oxygen atoms in total. The lowest BCUT2D eigenvalue weighted by atomic mass is 10.1. The van der Waals surface area contributed by atoms with Crippen LogP contribution in [0, 0.1) is 11.3 Å². The SMILES string of the molecule is CS(=O)NC1CCN(c2cc(C#N)c3cc(Br)ccc3n2)CC1. The van der Waals surface area contributed by atoms with Crippen molar-refractivity contribution in [2.75, 3.05) is 24.2 Å². The van der Waals surface area contributed by atoms with Gasteiger partial charge >= 0.3 is 0 Å². The van der Waals surface area contributed by atoms with Gasteiger partial charge in [0.25, 0.3) is 0 Å². The van der Waals surface area contributed by atoms with Crippen LogP contribution in [0.1, 0.15) is 18.4 Å². The zero-order chi connectivity index (χ0) is 16.4. The molecular weight excluding hydrogens is 376 g/mol. The molecule has 7 heteroatoms. The molecule has 1 N–H and O–H groups in total. The number of nitriles is 1. The Bertz CT molecular complexity index is 797. The molecule has 1 aromatic carbocycles. The lowest BCUT2D eigenvalue weighted by Crippen LogP contribution is -2.43. The molecule has 0 radical (unpaired) electrons. The number of rotatable bonds is 3. The predicted molar refractivity (Wildman–Crippen MR) is 96.6 cm³/mol. The average Bonchev–Trinajstić information content (AvgIpc) is 2.54. The second-order valence-electron chi connectivity index (χ2n) is 5.63. The summed E-state index contributed by atoms with van der Waals surface area (Å²) < 4.78 is 15.3. The number of anilines is 1. The third-order valence-electron chi connectivity index (χ3n) is 4.03. The highest BCUT2D eigenvalue weighted by atomic mass is 79.9. The van der Waals surface area contributed by atoms with E-state index in [1.165, 1.54) is 0 Å². The highest BCUT2D eigenvalue weighted by Gasteiger charge is 2.21. The van der Waals surface area contributed by atoms with Crippen molar-refractivity contribution in [3.63, 3.8) is 0 Å². The van der Waals surface area contributed by atoms with E-state index in [9.17, 15) is 9.47 Å². The Kier molecular flexibility index (Phi) is 4.95. The average molecular weight is 393 g/mol. The van der Waals surface area contributed by atoms with E-state index in [1.807, 2.05) is 24.3 Å². The minimum atomic E-state index is -0.976. The van der Waals surface area contributed by atoms with Gasteiger partial charge in [-0.3, -0.25) is 0 Å². The lowest BCUT2D eigenvalue weighted by Gasteiger charge is -2.33. The maximum atomic E-state index is 11.3. The van der Waals surface area contributed by atoms with E-state index < -0.39 is 11.0 Å². The predicted octanol–water partition coefficient (Wildman–Crippen LogP) is 2.72. The van der Waals surface area contributed by atoms with E-state index in [0.717, 1.165) is 47.1 Å². The van der Waals surface area contributed by atoms with Crippen LogP contribution in [-0.2, 0) is 11.0 Å². The smallest absolute Gasteiger partial charge is 0.130 e. The standard InChI is InChI=1S/C16H17BrN4OS/c1-23(22)20-13-4-6-21(7-5-13)16-8-11(10-18)14-9-12(17)2-3-15(14)19-16/h2-3,8-9,13,20H,4-7H2,1H3. The molecule has 120 valence electrons. The van der Waals surface area contributed by atoms with Gasteiger partial charge in [0.1, 0.15) is 5.82 Å². The van der Waals surface area contributed by atoms with Gasteiger partial charge in [0.2, 0.25) is 0 Å². The number of nitrogens with zero attached hydrogens (tertiary/aromatic N) is 3. The van der Waals surface area contributed by atoms with E-state index in [-0.39, 0.29) is 6.04 Å². The van der Waals surface area contributed by atoms with Crippen LogP contribution >= 0.6 is 15.9 Å². The fourth-order valence-corrected chi connectivity index (χ4v) is 3.97. The van der Waals surface area contributed by atoms with Gasteiger partial charge in [0.05, 0.1) is 28.1 Å². The van der Waals surface area contributed by atoms with Crippen molar-refractivity contribution < 1.29 is 4.21 Å². The molecular formula is C16H17BrN4OS. The van der Waals surface area contributed by atoms with Crippen LogP contribution in [0.2, 0.25) is 0 Å². The van der Waals surface area contributed by atoms with Crippen molar-refractivity contribution in [1.29, 1.82) is 5.26 Å². The zero-order valence-electron chi connectivity index (χ0n) is 12.8. The van der Waals surface area contributed by atoms with Gasteiger partial charge in [-0.1, -0.05) is 15.9 Å². The summed E-state index contributed by atoms with van der Waals surface area (Å²) in [6.07, 6.45) is 3.50. The molecule has 1 atom stereocenters. The number of piperidine rings is 1. The summed E-state index contributed by atoms with van der Waals surface area (Å²) in [5.41, 5.74) is 1.47. The van der Waals surface area contributed by atoms with Gasteiger partial charge in [0, 0.05) is 35.2 Å². The molecule has 1 unspecified atom stereocenters. The van der Waals surface area contributed by atoms with Crippen LogP contribution in [-0.4, -0.2) is 34.6 Å². The van der Waals surface area contributed by atoms with Crippen LogP contribution in [0.15, 0.2) is 28.7 Å². The summed E-state index contributed by atoms with van der Waals surface area (Å²) in [6.45, 7) is 1.68. The van der Waals surface area contributed by atoms with E-state index in [4.69, 9.17) is 4.98 Å². The maximum absolute atomic E-state index is 11.3. The number of pyridine rings is 1. The number of fused-ring (bicyclic) bond motifs is 1. The topological polar surface area (TPSA) is 69.0 Å². The summed E-state index contributed by atoms with van der Waals surface area (Å²) in [5.74, 6) is 0.840. The summed E-state index contributed by atoms with van der Waals surface area (Å²) in [7, 11) is -0.976. The first kappa shape index (κ1) is 16.4. The van der Waals surface area contributed by atoms with E-state index in [0.29, 0.717) is 5.56 Å². The summed E-state index contributed by atoms with van der Waals surface area (Å²) >= 11 is 3.44. The first-order chi connectivity index (χ1) is 11.1. The Labute approximate surface area is 146 Å². The van der Waals surface area contributed by atoms with Crippen LogP contribution in [0.3, 0.4) is 0 Å². The lowest BCUT2D eigenvalue weighted by molar-refractivity contribution is 0.471. The monoisotopic (exact) mass is 392 g/mol. The largest absolute Gasteiger partial charge is 0.356 e. The molecule has 1 saturated heterocycles. The number of hydrogen-bond donors (Lipinski definition) is 1. The second kappa shape index (κ2) is 6.95. The summed E-state index contributed by atoms with van der Waals surface area (Å²) in [4.78, 5) is 6.90. The Hall–Kier alpha value is -1.49. The Balaban J connectivity index is 1.85. The van der Waals surface area contributed by atoms with Crippen LogP contribution in [0.4, 0.5) is 5.82 Å². The Morgan fingerprint density at radius 3 is 2.78 bits per heavy atom. The molecule has 1 aliphatic heterocycles. The molecule has 1 aromatic heterocycles. The maximum Gasteiger partial charge on any atom is 0.130 e. The van der Waals surface area contributed by atoms with Crippen molar-refractivity contribution in [2.45, 2.75) is 18.9 Å². The number of hydrogen-bond acceptors (Lipinski definition) is 4. The van der Waals surface area contributed by atoms with Gasteiger partial charge in [-0.2, -0.15) is 5.26 Å². The van der Waals surface area contributed by atoms with Crippen molar-refractivity contribution in [2.24, 2.45) is 0 Å². The first-order valence-corrected chi connectivity index (χ1v) is 9.77. The van der Waals surface area contributed by atoms with Gasteiger partial charge in [-0.25, -0.2) is 13.9 Å². The third kappa shape index (κ3) is 3.71. The van der Waals surface area contributed by atoms with Gasteiger partial charge in [0.15, 0.2) is 0 Å². The van der Waals surface area contributed by atoms with E-state index in [2.05, 4.69) is 31.6 Å². The molecule has 1 fully saturated rings. The Morgan fingerprint density at radius 2 is 2.13 bits per heavy atom. The molecule has 0 aliphatic carbocycles. The van der Waals surface area contributed by atoms with Crippen LogP contribution in [0.25, 0.3) is 10.9 Å². The van der Waals surface area contributed by atoms with Crippen molar-refractivity contribution in [1.82, 2.24) is 9.71 Å². The highest BCUT2D eigenvalue weighted by molar-refractivity contribution is 9.10. The normalized spacial score (nSPS) is 17.2. The number of benzene rings is 1. The number of nitrogens with one attached hydrogen (secondary N) is 1. The summed E-state index contributed by atoms with van der Waals surface area (Å²) in [5, 5.41) is 10.3. The van der Waals surface area contributed by atoms with Crippen LogP contribution in [0.5, 0.6) is 0 Å². The number of halogens is 1. The molecule has 1 aliphatic rings. The summed E-state index contributed by atoms with van der Waals surface area (Å²) in [6, 6.07) is 10.2. The first-order valence-electron chi connectivity index (χ1n) is 7.42. The molecule has 0 bridgehead atoms. The van der Waals surface area contributed by atoms with E-state index >= 15 is 0 Å². The minimum Gasteiger partial charge on any atom is -0.356 e. The molecule has 23 heavy (non-hydrogen) atoms. The molecule has 0 saturated carbocycles. The quantitative estimate of drug-likeness (QED) is 0.871. The van der Waals surface area contributed by atoms with Crippen molar-refractivity contribution in [3.05, 3.63) is 34.3 Å². The molecule has 0 amide bonds. The zero-order valence-corrected chi connectivity index (χ0v) is 15.2. The minimum absolute atomic E-state index is 0.281. The molecule has 3 rings (SSSR count). The van der Waals surface area contributed by atoms with Gasteiger partial charge in [-0.05, 0) is 37.1 Å². The van der Waals surface area contributed by atoms with Gasteiger partial charge < -0.3 is 4.90 Å². The van der Waals surface area contributed by atoms with Crippen molar-refractivity contribution in [3.8, 4) is 6.07 Å². The second-order valence-corrected chi connectivity index (χ2v) is 7.69. The highest BCUT2D eigenvalue weighted by Crippen LogP contribution is 2.27. The molecule has 0 spiro atoms. The third-order valence-corrected chi connectivity index (χ3v) is 5.19. The van der Waals surface area contributed by atoms with Gasteiger partial charge in [-0.15, -0.1) is 0 Å². The van der Waals surface area contributed by atoms with Crippen molar-refractivity contribution >= 4 is 43.6 Å². The van der Waals surface area contributed by atoms with Crippen LogP contribution < -0.4 is 9.62 Å². The molecule has 2 heterocycles. The fourth-order valence-electron chi connectivity index (χ4n) is 2.90. The fraction of sp³-hybridized carbons (Fsp3) is 0.375. The molecule has 2 aromatic rings.